The fourth-order valence-corrected chi connectivity index (χ4v) is 3.41. The van der Waals surface area contributed by atoms with Gasteiger partial charge in [-0.25, -0.2) is 4.39 Å². The van der Waals surface area contributed by atoms with Crippen molar-refractivity contribution in [1.29, 1.82) is 0 Å². The summed E-state index contributed by atoms with van der Waals surface area (Å²) < 4.78 is 13.8. The van der Waals surface area contributed by atoms with Gasteiger partial charge in [-0.15, -0.1) is 0 Å². The first-order chi connectivity index (χ1) is 9.99. The summed E-state index contributed by atoms with van der Waals surface area (Å²) in [6.45, 7) is 5.12. The third-order valence-electron chi connectivity index (χ3n) is 4.95. The van der Waals surface area contributed by atoms with Crippen LogP contribution in [0.15, 0.2) is 24.3 Å². The Kier molecular flexibility index (Phi) is 5.77. The first-order valence-corrected chi connectivity index (χ1v) is 8.11. The maximum Gasteiger partial charge on any atom is 0.129 e. The molecule has 2 atom stereocenters. The largest absolute Gasteiger partial charge is 0.388 e. The molecule has 2 nitrogen and oxygen atoms in total. The van der Waals surface area contributed by atoms with Crippen molar-refractivity contribution in [2.24, 2.45) is 11.8 Å². The second kappa shape index (κ2) is 7.37. The van der Waals surface area contributed by atoms with E-state index in [1.807, 2.05) is 6.92 Å². The number of nitrogens with zero attached hydrogens (tertiary/aromatic N) is 1. The molecule has 1 fully saturated rings. The highest BCUT2D eigenvalue weighted by molar-refractivity contribution is 5.20. The van der Waals surface area contributed by atoms with Crippen LogP contribution in [0.4, 0.5) is 4.39 Å². The van der Waals surface area contributed by atoms with Crippen LogP contribution in [0.25, 0.3) is 0 Å². The second-order valence-corrected chi connectivity index (χ2v) is 6.80. The van der Waals surface area contributed by atoms with Crippen LogP contribution in [0.1, 0.15) is 51.2 Å². The predicted molar refractivity (Wildman–Crippen MR) is 84.6 cm³/mol. The monoisotopic (exact) mass is 293 g/mol. The number of benzene rings is 1. The van der Waals surface area contributed by atoms with Gasteiger partial charge < -0.3 is 10.0 Å². The number of aliphatic hydroxyl groups excluding tert-OH is 1. The Morgan fingerprint density at radius 3 is 2.48 bits per heavy atom. The molecule has 0 heterocycles. The smallest absolute Gasteiger partial charge is 0.129 e. The van der Waals surface area contributed by atoms with Gasteiger partial charge in [0.25, 0.3) is 0 Å². The van der Waals surface area contributed by atoms with Crippen LogP contribution in [0, 0.1) is 17.7 Å². The van der Waals surface area contributed by atoms with E-state index in [2.05, 4.69) is 18.9 Å². The molecule has 0 spiro atoms. The summed E-state index contributed by atoms with van der Waals surface area (Å²) in [6, 6.07) is 7.14. The van der Waals surface area contributed by atoms with Crippen molar-refractivity contribution in [2.45, 2.75) is 51.7 Å². The molecule has 1 saturated carbocycles. The van der Waals surface area contributed by atoms with E-state index in [-0.39, 0.29) is 11.7 Å². The number of hydrogen-bond acceptors (Lipinski definition) is 2. The normalized spacial score (nSPS) is 25.8. The third-order valence-corrected chi connectivity index (χ3v) is 4.95. The van der Waals surface area contributed by atoms with Gasteiger partial charge in [0.05, 0.1) is 6.10 Å². The number of hydrogen-bond donors (Lipinski definition) is 1. The predicted octanol–water partition coefficient (Wildman–Crippen LogP) is 4.01. The van der Waals surface area contributed by atoms with Gasteiger partial charge in [-0.2, -0.15) is 0 Å². The lowest BCUT2D eigenvalue weighted by Crippen LogP contribution is -2.38. The molecule has 1 N–H and O–H groups in total. The summed E-state index contributed by atoms with van der Waals surface area (Å²) in [4.78, 5) is 2.35. The lowest BCUT2D eigenvalue weighted by Gasteiger charge is -2.35. The topological polar surface area (TPSA) is 23.5 Å². The summed E-state index contributed by atoms with van der Waals surface area (Å²) in [6.07, 6.45) is 4.31. The average Bonchev–Trinajstić information content (AvgIpc) is 2.47. The maximum absolute atomic E-state index is 13.8. The average molecular weight is 293 g/mol. The summed E-state index contributed by atoms with van der Waals surface area (Å²) in [5.41, 5.74) is 0.413. The minimum atomic E-state index is -0.740. The lowest BCUT2D eigenvalue weighted by molar-refractivity contribution is 0.0708. The number of halogens is 1. The van der Waals surface area contributed by atoms with Crippen molar-refractivity contribution in [3.05, 3.63) is 35.6 Å². The van der Waals surface area contributed by atoms with E-state index in [0.29, 0.717) is 11.6 Å². The molecule has 0 saturated heterocycles. The molecule has 0 radical (unpaired) electrons. The molecule has 1 aliphatic rings. The van der Waals surface area contributed by atoms with E-state index in [1.54, 1.807) is 18.2 Å². The van der Waals surface area contributed by atoms with E-state index in [9.17, 15) is 9.50 Å². The highest BCUT2D eigenvalue weighted by Gasteiger charge is 2.26. The van der Waals surface area contributed by atoms with Crippen LogP contribution in [-0.2, 0) is 0 Å². The molecule has 2 unspecified atom stereocenters. The zero-order valence-corrected chi connectivity index (χ0v) is 13.4. The van der Waals surface area contributed by atoms with Gasteiger partial charge in [-0.1, -0.05) is 32.0 Å². The fourth-order valence-electron chi connectivity index (χ4n) is 3.41. The molecule has 0 aliphatic heterocycles. The zero-order chi connectivity index (χ0) is 15.4. The zero-order valence-electron chi connectivity index (χ0n) is 13.4. The lowest BCUT2D eigenvalue weighted by atomic mass is 9.86. The van der Waals surface area contributed by atoms with Crippen LogP contribution in [0.5, 0.6) is 0 Å². The minimum absolute atomic E-state index is 0.0197. The van der Waals surface area contributed by atoms with Crippen molar-refractivity contribution in [3.63, 3.8) is 0 Å². The van der Waals surface area contributed by atoms with Gasteiger partial charge >= 0.3 is 0 Å². The van der Waals surface area contributed by atoms with E-state index in [0.717, 1.165) is 12.5 Å². The third kappa shape index (κ3) is 4.27. The Bertz CT molecular complexity index is 443. The molecule has 0 amide bonds. The number of rotatable bonds is 5. The Morgan fingerprint density at radius 2 is 1.86 bits per heavy atom. The maximum atomic E-state index is 13.8. The van der Waals surface area contributed by atoms with Crippen molar-refractivity contribution < 1.29 is 9.50 Å². The fraction of sp³-hybridized carbons (Fsp3) is 0.667. The van der Waals surface area contributed by atoms with Crippen LogP contribution in [-0.4, -0.2) is 29.6 Å². The summed E-state index contributed by atoms with van der Waals surface area (Å²) >= 11 is 0. The highest BCUT2D eigenvalue weighted by atomic mass is 19.1. The van der Waals surface area contributed by atoms with E-state index >= 15 is 0 Å². The minimum Gasteiger partial charge on any atom is -0.388 e. The molecule has 1 aromatic carbocycles. The van der Waals surface area contributed by atoms with Crippen molar-refractivity contribution in [3.8, 4) is 0 Å². The SMILES string of the molecule is CC1CCC(N(C)CC(C)C(O)c2ccccc2F)CC1. The summed E-state index contributed by atoms with van der Waals surface area (Å²) in [7, 11) is 2.13. The van der Waals surface area contributed by atoms with Gasteiger partial charge in [-0.05, 0) is 50.6 Å². The molecule has 21 heavy (non-hydrogen) atoms. The molecular weight excluding hydrogens is 265 g/mol. The molecule has 0 aromatic heterocycles. The summed E-state index contributed by atoms with van der Waals surface area (Å²) in [5, 5.41) is 10.4. The molecule has 0 bridgehead atoms. The molecular formula is C18H28FNO. The molecule has 2 rings (SSSR count). The molecule has 3 heteroatoms. The first-order valence-electron chi connectivity index (χ1n) is 8.11. The van der Waals surface area contributed by atoms with Crippen LogP contribution in [0.3, 0.4) is 0 Å². The van der Waals surface area contributed by atoms with Gasteiger partial charge in [0, 0.05) is 18.2 Å². The Hall–Kier alpha value is -0.930. The van der Waals surface area contributed by atoms with Crippen molar-refractivity contribution in [1.82, 2.24) is 4.90 Å². The first kappa shape index (κ1) is 16.4. The highest BCUT2D eigenvalue weighted by Crippen LogP contribution is 2.29. The van der Waals surface area contributed by atoms with Gasteiger partial charge in [-0.3, -0.25) is 0 Å². The summed E-state index contributed by atoms with van der Waals surface area (Å²) in [5.74, 6) is 0.549. The Labute approximate surface area is 128 Å². The quantitative estimate of drug-likeness (QED) is 0.887. The van der Waals surface area contributed by atoms with Crippen LogP contribution < -0.4 is 0 Å². The van der Waals surface area contributed by atoms with Gasteiger partial charge in [0.1, 0.15) is 5.82 Å². The standard InChI is InChI=1S/C18H28FNO/c1-13-8-10-15(11-9-13)20(3)12-14(2)18(21)16-6-4-5-7-17(16)19/h4-7,13-15,18,21H,8-12H2,1-3H3. The Morgan fingerprint density at radius 1 is 1.24 bits per heavy atom. The van der Waals surface area contributed by atoms with Crippen LogP contribution >= 0.6 is 0 Å². The van der Waals surface area contributed by atoms with Crippen LogP contribution in [0.2, 0.25) is 0 Å². The van der Waals surface area contributed by atoms with Gasteiger partial charge in [0.2, 0.25) is 0 Å². The molecule has 1 aromatic rings. The Balaban J connectivity index is 1.91. The van der Waals surface area contributed by atoms with Gasteiger partial charge in [0.15, 0.2) is 0 Å². The number of aliphatic hydroxyl groups is 1. The molecule has 1 aliphatic carbocycles. The second-order valence-electron chi connectivity index (χ2n) is 6.80. The van der Waals surface area contributed by atoms with Crippen molar-refractivity contribution in [2.75, 3.05) is 13.6 Å². The van der Waals surface area contributed by atoms with E-state index in [1.165, 1.54) is 31.7 Å². The van der Waals surface area contributed by atoms with E-state index in [4.69, 9.17) is 0 Å². The van der Waals surface area contributed by atoms with E-state index < -0.39 is 6.10 Å². The van der Waals surface area contributed by atoms with Crippen molar-refractivity contribution >= 4 is 0 Å². The molecule has 118 valence electrons.